The van der Waals surface area contributed by atoms with Gasteiger partial charge in [0.15, 0.2) is 15.8 Å². The van der Waals surface area contributed by atoms with Gasteiger partial charge in [-0.2, -0.15) is 0 Å². The van der Waals surface area contributed by atoms with Gasteiger partial charge in [-0.3, -0.25) is 9.79 Å². The average Bonchev–Trinajstić information content (AvgIpc) is 2.89. The molecule has 27 heavy (non-hydrogen) atoms. The summed E-state index contributed by atoms with van der Waals surface area (Å²) >= 11 is 0. The minimum absolute atomic E-state index is 0. The second-order valence-corrected chi connectivity index (χ2v) is 10.1. The SMILES string of the molecule is CCCCCC(C)(C)CNC(=NC)NCCC(=O)NC1CCS(=O)(=O)C1.I. The highest BCUT2D eigenvalue weighted by molar-refractivity contribution is 14.0. The van der Waals surface area contributed by atoms with Crippen molar-refractivity contribution in [1.29, 1.82) is 0 Å². The van der Waals surface area contributed by atoms with Crippen LogP contribution in [0.3, 0.4) is 0 Å². The van der Waals surface area contributed by atoms with Gasteiger partial charge in [0.1, 0.15) is 0 Å². The normalized spacial score (nSPS) is 19.3. The van der Waals surface area contributed by atoms with E-state index in [-0.39, 0.29) is 59.3 Å². The summed E-state index contributed by atoms with van der Waals surface area (Å²) in [5, 5.41) is 9.26. The Kier molecular flexibility index (Phi) is 12.5. The number of nitrogens with zero attached hydrogens (tertiary/aromatic N) is 1. The number of hydrogen-bond acceptors (Lipinski definition) is 4. The van der Waals surface area contributed by atoms with E-state index in [9.17, 15) is 13.2 Å². The molecule has 1 rings (SSSR count). The molecule has 1 heterocycles. The van der Waals surface area contributed by atoms with E-state index < -0.39 is 9.84 Å². The Morgan fingerprint density at radius 3 is 2.48 bits per heavy atom. The molecule has 1 fully saturated rings. The Morgan fingerprint density at radius 2 is 1.93 bits per heavy atom. The molecule has 0 aromatic rings. The second-order valence-electron chi connectivity index (χ2n) is 7.89. The molecule has 1 unspecified atom stereocenters. The Morgan fingerprint density at radius 1 is 1.22 bits per heavy atom. The van der Waals surface area contributed by atoms with Crippen molar-refractivity contribution in [2.75, 3.05) is 31.6 Å². The van der Waals surface area contributed by atoms with Crippen LogP contribution in [0.1, 0.15) is 59.3 Å². The van der Waals surface area contributed by atoms with Gasteiger partial charge in [0.2, 0.25) is 5.91 Å². The zero-order valence-corrected chi connectivity index (χ0v) is 20.3. The first-order valence-corrected chi connectivity index (χ1v) is 11.4. The quantitative estimate of drug-likeness (QED) is 0.179. The summed E-state index contributed by atoms with van der Waals surface area (Å²) in [5.74, 6) is 0.781. The highest BCUT2D eigenvalue weighted by Gasteiger charge is 2.28. The summed E-state index contributed by atoms with van der Waals surface area (Å²) in [4.78, 5) is 16.1. The Labute approximate surface area is 181 Å². The van der Waals surface area contributed by atoms with E-state index in [2.05, 4.69) is 41.7 Å². The molecule has 1 amide bonds. The van der Waals surface area contributed by atoms with Crippen molar-refractivity contribution in [2.24, 2.45) is 10.4 Å². The summed E-state index contributed by atoms with van der Waals surface area (Å²) < 4.78 is 22.8. The number of unbranched alkanes of at least 4 members (excludes halogenated alkanes) is 2. The number of amides is 1. The minimum atomic E-state index is -2.97. The summed E-state index contributed by atoms with van der Waals surface area (Å²) in [6.45, 7) is 7.97. The van der Waals surface area contributed by atoms with Gasteiger partial charge in [-0.25, -0.2) is 8.42 Å². The lowest BCUT2D eigenvalue weighted by Gasteiger charge is -2.26. The van der Waals surface area contributed by atoms with Crippen molar-refractivity contribution in [3.05, 3.63) is 0 Å². The monoisotopic (exact) mass is 516 g/mol. The maximum absolute atomic E-state index is 11.9. The molecule has 1 atom stereocenters. The van der Waals surface area contributed by atoms with E-state index in [0.717, 1.165) is 13.0 Å². The van der Waals surface area contributed by atoms with Crippen LogP contribution in [-0.4, -0.2) is 58.0 Å². The number of carbonyl (C=O) groups is 1. The van der Waals surface area contributed by atoms with Gasteiger partial charge in [-0.15, -0.1) is 24.0 Å². The first-order chi connectivity index (χ1) is 12.2. The number of nitrogens with one attached hydrogen (secondary N) is 3. The number of guanidine groups is 1. The predicted octanol–water partition coefficient (Wildman–Crippen LogP) is 2.07. The Hall–Kier alpha value is -0.580. The van der Waals surface area contributed by atoms with Gasteiger partial charge in [0.25, 0.3) is 0 Å². The van der Waals surface area contributed by atoms with E-state index in [0.29, 0.717) is 18.9 Å². The summed E-state index contributed by atoms with van der Waals surface area (Å²) in [5.41, 5.74) is 0.193. The number of hydrogen-bond donors (Lipinski definition) is 3. The molecule has 7 nitrogen and oxygen atoms in total. The Balaban J connectivity index is 0.00000676. The van der Waals surface area contributed by atoms with Gasteiger partial charge in [-0.05, 0) is 18.3 Å². The summed E-state index contributed by atoms with van der Waals surface area (Å²) in [6.07, 6.45) is 5.68. The third kappa shape index (κ3) is 11.8. The lowest BCUT2D eigenvalue weighted by molar-refractivity contribution is -0.121. The first-order valence-electron chi connectivity index (χ1n) is 9.62. The fraction of sp³-hybridized carbons (Fsp3) is 0.889. The van der Waals surface area contributed by atoms with Crippen LogP contribution < -0.4 is 16.0 Å². The van der Waals surface area contributed by atoms with E-state index in [1.165, 1.54) is 19.3 Å². The van der Waals surface area contributed by atoms with Gasteiger partial charge in [-0.1, -0.05) is 40.0 Å². The molecule has 1 aliphatic rings. The van der Waals surface area contributed by atoms with E-state index in [1.54, 1.807) is 7.05 Å². The summed E-state index contributed by atoms with van der Waals surface area (Å²) in [6, 6.07) is -0.242. The van der Waals surface area contributed by atoms with Gasteiger partial charge < -0.3 is 16.0 Å². The van der Waals surface area contributed by atoms with Crippen LogP contribution in [0, 0.1) is 5.41 Å². The van der Waals surface area contributed by atoms with E-state index in [1.807, 2.05) is 0 Å². The van der Waals surface area contributed by atoms with Crippen molar-refractivity contribution >= 4 is 45.7 Å². The average molecular weight is 516 g/mol. The largest absolute Gasteiger partial charge is 0.356 e. The van der Waals surface area contributed by atoms with Crippen LogP contribution in [0.15, 0.2) is 4.99 Å². The number of carbonyl (C=O) groups excluding carboxylic acids is 1. The van der Waals surface area contributed by atoms with Crippen LogP contribution in [0.2, 0.25) is 0 Å². The second kappa shape index (κ2) is 12.8. The number of sulfone groups is 1. The molecule has 0 bridgehead atoms. The molecular formula is C18H37IN4O3S. The van der Waals surface area contributed by atoms with Crippen LogP contribution >= 0.6 is 24.0 Å². The van der Waals surface area contributed by atoms with Crippen molar-refractivity contribution < 1.29 is 13.2 Å². The zero-order valence-electron chi connectivity index (χ0n) is 17.1. The molecule has 0 radical (unpaired) electrons. The molecule has 9 heteroatoms. The molecule has 0 aromatic carbocycles. The van der Waals surface area contributed by atoms with Crippen molar-refractivity contribution in [1.82, 2.24) is 16.0 Å². The molecule has 3 N–H and O–H groups in total. The van der Waals surface area contributed by atoms with E-state index in [4.69, 9.17) is 0 Å². The van der Waals surface area contributed by atoms with Gasteiger partial charge in [0, 0.05) is 32.6 Å². The van der Waals surface area contributed by atoms with Crippen LogP contribution in [0.4, 0.5) is 0 Å². The van der Waals surface area contributed by atoms with Crippen LogP contribution in [0.5, 0.6) is 0 Å². The molecule has 160 valence electrons. The lowest BCUT2D eigenvalue weighted by atomic mass is 9.87. The van der Waals surface area contributed by atoms with Crippen molar-refractivity contribution in [2.45, 2.75) is 65.3 Å². The third-order valence-corrected chi connectivity index (χ3v) is 6.43. The highest BCUT2D eigenvalue weighted by Crippen LogP contribution is 2.22. The molecule has 0 saturated carbocycles. The molecule has 0 aromatic heterocycles. The fourth-order valence-electron chi connectivity index (χ4n) is 2.99. The van der Waals surface area contributed by atoms with Crippen LogP contribution in [-0.2, 0) is 14.6 Å². The maximum atomic E-state index is 11.9. The number of rotatable bonds is 10. The van der Waals surface area contributed by atoms with Crippen molar-refractivity contribution in [3.8, 4) is 0 Å². The van der Waals surface area contributed by atoms with Crippen molar-refractivity contribution in [3.63, 3.8) is 0 Å². The molecule has 1 aliphatic heterocycles. The smallest absolute Gasteiger partial charge is 0.222 e. The maximum Gasteiger partial charge on any atom is 0.222 e. The Bertz CT molecular complexity index is 579. The van der Waals surface area contributed by atoms with Gasteiger partial charge >= 0.3 is 0 Å². The van der Waals surface area contributed by atoms with Gasteiger partial charge in [0.05, 0.1) is 11.5 Å². The summed E-state index contributed by atoms with van der Waals surface area (Å²) in [7, 11) is -1.26. The predicted molar refractivity (Wildman–Crippen MR) is 123 cm³/mol. The molecule has 0 aliphatic carbocycles. The number of aliphatic imine (C=N–C) groups is 1. The molecule has 1 saturated heterocycles. The molecular weight excluding hydrogens is 479 g/mol. The highest BCUT2D eigenvalue weighted by atomic mass is 127. The zero-order chi connectivity index (χ0) is 19.6. The third-order valence-electron chi connectivity index (χ3n) is 4.66. The minimum Gasteiger partial charge on any atom is -0.356 e. The standard InChI is InChI=1S/C18H36N4O3S.HI/c1-5-6-7-10-18(2,3)14-21-17(19-4)20-11-8-16(23)22-15-9-12-26(24,25)13-15;/h15H,5-14H2,1-4H3,(H,22,23)(H2,19,20,21);1H. The molecule has 0 spiro atoms. The number of halogens is 1. The fourth-order valence-corrected chi connectivity index (χ4v) is 4.66. The first kappa shape index (κ1) is 26.4. The van der Waals surface area contributed by atoms with Crippen LogP contribution in [0.25, 0.3) is 0 Å². The van der Waals surface area contributed by atoms with E-state index >= 15 is 0 Å². The topological polar surface area (TPSA) is 99.7 Å². The lowest BCUT2D eigenvalue weighted by Crippen LogP contribution is -2.43.